The molecule has 0 fully saturated rings. The Kier molecular flexibility index (Phi) is 5.07. The molecule has 0 bridgehead atoms. The fourth-order valence-corrected chi connectivity index (χ4v) is 4.15. The van der Waals surface area contributed by atoms with Crippen LogP contribution in [-0.2, 0) is 0 Å². The number of nitrogens with one attached hydrogen (secondary N) is 2. The molecule has 1 aliphatic rings. The van der Waals surface area contributed by atoms with Crippen LogP contribution in [0.1, 0.15) is 20.9 Å². The average Bonchev–Trinajstić information content (AvgIpc) is 3.26. The Bertz CT molecular complexity index is 1600. The van der Waals surface area contributed by atoms with Gasteiger partial charge in [-0.05, 0) is 47.2 Å². The van der Waals surface area contributed by atoms with E-state index in [2.05, 4.69) is 10.6 Å². The molecule has 172 valence electrons. The highest BCUT2D eigenvalue weighted by atomic mass is 16.6. The van der Waals surface area contributed by atoms with Crippen molar-refractivity contribution in [1.82, 2.24) is 0 Å². The molecule has 35 heavy (non-hydrogen) atoms. The predicted octanol–water partition coefficient (Wildman–Crippen LogP) is 5.86. The Hall–Kier alpha value is -4.78. The van der Waals surface area contributed by atoms with Crippen molar-refractivity contribution in [1.29, 1.82) is 0 Å². The van der Waals surface area contributed by atoms with Gasteiger partial charge in [-0.3, -0.25) is 9.59 Å². The number of ether oxygens (including phenoxy) is 2. The lowest BCUT2D eigenvalue weighted by Gasteiger charge is -2.18. The zero-order valence-electron chi connectivity index (χ0n) is 18.5. The molecule has 0 aliphatic carbocycles. The van der Waals surface area contributed by atoms with E-state index in [9.17, 15) is 9.59 Å². The molecular weight excluding hydrogens is 444 g/mol. The van der Waals surface area contributed by atoms with Crippen LogP contribution >= 0.6 is 0 Å². The molecule has 0 unspecified atom stereocenters. The van der Waals surface area contributed by atoms with Gasteiger partial charge in [0, 0.05) is 22.7 Å². The second-order valence-electron chi connectivity index (χ2n) is 8.13. The minimum atomic E-state index is -0.494. The maximum absolute atomic E-state index is 13.2. The van der Waals surface area contributed by atoms with Gasteiger partial charge in [0.2, 0.25) is 5.76 Å². The first kappa shape index (κ1) is 20.8. The summed E-state index contributed by atoms with van der Waals surface area (Å²) in [6.07, 6.45) is 0. The third-order valence-corrected chi connectivity index (χ3v) is 5.85. The molecule has 2 heterocycles. The third-order valence-electron chi connectivity index (χ3n) is 5.85. The molecule has 7 heteroatoms. The highest BCUT2D eigenvalue weighted by Gasteiger charge is 2.23. The number of hydrogen-bond donors (Lipinski definition) is 2. The summed E-state index contributed by atoms with van der Waals surface area (Å²) < 4.78 is 17.0. The van der Waals surface area contributed by atoms with Gasteiger partial charge in [0.15, 0.2) is 11.5 Å². The number of fused-ring (bicyclic) bond motifs is 3. The normalized spacial score (nSPS) is 12.5. The van der Waals surface area contributed by atoms with Crippen molar-refractivity contribution in [3.8, 4) is 11.5 Å². The molecule has 2 amide bonds. The first-order valence-corrected chi connectivity index (χ1v) is 11.2. The molecule has 0 radical (unpaired) electrons. The summed E-state index contributed by atoms with van der Waals surface area (Å²) in [5.74, 6) is 0.363. The van der Waals surface area contributed by atoms with Gasteiger partial charge in [-0.25, -0.2) is 0 Å². The molecule has 1 aromatic heterocycles. The van der Waals surface area contributed by atoms with Gasteiger partial charge in [0.1, 0.15) is 24.5 Å². The van der Waals surface area contributed by atoms with Crippen LogP contribution in [-0.4, -0.2) is 25.0 Å². The fraction of sp³-hybridized carbons (Fsp3) is 0.0714. The summed E-state index contributed by atoms with van der Waals surface area (Å²) in [6, 6.07) is 25.6. The van der Waals surface area contributed by atoms with Crippen molar-refractivity contribution >= 4 is 44.9 Å². The van der Waals surface area contributed by atoms with E-state index in [-0.39, 0.29) is 11.7 Å². The highest BCUT2D eigenvalue weighted by Crippen LogP contribution is 2.35. The Balaban J connectivity index is 1.32. The lowest BCUT2D eigenvalue weighted by Crippen LogP contribution is -2.18. The Morgan fingerprint density at radius 2 is 1.46 bits per heavy atom. The SMILES string of the molecule is O=C(Nc1c(C(=O)Nc2ccc3c(c2)OCCO3)oc2ccccc12)c1ccc2ccccc2c1. The summed E-state index contributed by atoms with van der Waals surface area (Å²) in [5.41, 5.74) is 1.81. The number of para-hydroxylation sites is 1. The van der Waals surface area contributed by atoms with Gasteiger partial charge < -0.3 is 24.5 Å². The van der Waals surface area contributed by atoms with E-state index in [1.165, 1.54) is 0 Å². The zero-order valence-corrected chi connectivity index (χ0v) is 18.5. The molecule has 5 aromatic rings. The number of carbonyl (C=O) groups excluding carboxylic acids is 2. The Morgan fingerprint density at radius 1 is 0.686 bits per heavy atom. The van der Waals surface area contributed by atoms with Crippen LogP contribution in [0.15, 0.2) is 89.3 Å². The number of carbonyl (C=O) groups is 2. The minimum absolute atomic E-state index is 0.00947. The van der Waals surface area contributed by atoms with Crippen molar-refractivity contribution in [3.05, 3.63) is 96.3 Å². The monoisotopic (exact) mass is 464 g/mol. The fourth-order valence-electron chi connectivity index (χ4n) is 4.15. The number of anilines is 2. The first-order valence-electron chi connectivity index (χ1n) is 11.2. The topological polar surface area (TPSA) is 89.8 Å². The van der Waals surface area contributed by atoms with E-state index < -0.39 is 5.91 Å². The lowest BCUT2D eigenvalue weighted by atomic mass is 10.1. The highest BCUT2D eigenvalue weighted by molar-refractivity contribution is 6.17. The molecule has 4 aromatic carbocycles. The first-order chi connectivity index (χ1) is 17.2. The van der Waals surface area contributed by atoms with Gasteiger partial charge >= 0.3 is 0 Å². The summed E-state index contributed by atoms with van der Waals surface area (Å²) in [6.45, 7) is 0.927. The molecule has 0 spiro atoms. The molecule has 0 atom stereocenters. The standard InChI is InChI=1S/C28H20N2O5/c31-27(19-10-9-17-5-1-2-6-18(17)15-19)30-25-21-7-3-4-8-22(21)35-26(25)28(32)29-20-11-12-23-24(16-20)34-14-13-33-23/h1-12,15-16H,13-14H2,(H,29,32)(H,30,31). The Morgan fingerprint density at radius 3 is 2.34 bits per heavy atom. The maximum Gasteiger partial charge on any atom is 0.293 e. The molecule has 7 nitrogen and oxygen atoms in total. The van der Waals surface area contributed by atoms with Gasteiger partial charge in [0.05, 0.1) is 0 Å². The summed E-state index contributed by atoms with van der Waals surface area (Å²) >= 11 is 0. The van der Waals surface area contributed by atoms with Crippen LogP contribution < -0.4 is 20.1 Å². The van der Waals surface area contributed by atoms with Gasteiger partial charge in [-0.15, -0.1) is 0 Å². The van der Waals surface area contributed by atoms with Crippen LogP contribution in [0.5, 0.6) is 11.5 Å². The number of hydrogen-bond acceptors (Lipinski definition) is 5. The number of benzene rings is 4. The van der Waals surface area contributed by atoms with Crippen molar-refractivity contribution in [2.75, 3.05) is 23.8 Å². The van der Waals surface area contributed by atoms with Crippen LogP contribution in [0.25, 0.3) is 21.7 Å². The smallest absolute Gasteiger partial charge is 0.293 e. The Labute approximate surface area is 200 Å². The molecule has 0 saturated heterocycles. The average molecular weight is 464 g/mol. The van der Waals surface area contributed by atoms with Gasteiger partial charge in [-0.2, -0.15) is 0 Å². The van der Waals surface area contributed by atoms with Crippen LogP contribution in [0.4, 0.5) is 11.4 Å². The van der Waals surface area contributed by atoms with Gasteiger partial charge in [0.25, 0.3) is 11.8 Å². The molecule has 6 rings (SSSR count). The van der Waals surface area contributed by atoms with Crippen LogP contribution in [0.3, 0.4) is 0 Å². The molecule has 2 N–H and O–H groups in total. The number of rotatable bonds is 4. The molecular formula is C28H20N2O5. The lowest BCUT2D eigenvalue weighted by molar-refractivity contribution is 0.0999. The van der Waals surface area contributed by atoms with Gasteiger partial charge in [-0.1, -0.05) is 42.5 Å². The van der Waals surface area contributed by atoms with Crippen LogP contribution in [0, 0.1) is 0 Å². The largest absolute Gasteiger partial charge is 0.486 e. The van der Waals surface area contributed by atoms with E-state index in [1.807, 2.05) is 48.5 Å². The van der Waals surface area contributed by atoms with E-state index in [0.29, 0.717) is 52.6 Å². The van der Waals surface area contributed by atoms with E-state index in [1.54, 1.807) is 36.4 Å². The van der Waals surface area contributed by atoms with Crippen molar-refractivity contribution < 1.29 is 23.5 Å². The van der Waals surface area contributed by atoms with E-state index in [0.717, 1.165) is 10.8 Å². The number of amides is 2. The second kappa shape index (κ2) is 8.53. The van der Waals surface area contributed by atoms with Crippen LogP contribution in [0.2, 0.25) is 0 Å². The third kappa shape index (κ3) is 3.93. The van der Waals surface area contributed by atoms with Crippen molar-refractivity contribution in [2.24, 2.45) is 0 Å². The minimum Gasteiger partial charge on any atom is -0.486 e. The molecule has 1 aliphatic heterocycles. The number of furan rings is 1. The van der Waals surface area contributed by atoms with E-state index >= 15 is 0 Å². The van der Waals surface area contributed by atoms with Crippen molar-refractivity contribution in [2.45, 2.75) is 0 Å². The van der Waals surface area contributed by atoms with Crippen molar-refractivity contribution in [3.63, 3.8) is 0 Å². The maximum atomic E-state index is 13.2. The summed E-state index contributed by atoms with van der Waals surface area (Å²) in [7, 11) is 0. The predicted molar refractivity (Wildman–Crippen MR) is 134 cm³/mol. The quantitative estimate of drug-likeness (QED) is 0.348. The zero-order chi connectivity index (χ0) is 23.8. The summed E-state index contributed by atoms with van der Waals surface area (Å²) in [5, 5.41) is 8.35. The second-order valence-corrected chi connectivity index (χ2v) is 8.13. The summed E-state index contributed by atoms with van der Waals surface area (Å²) in [4.78, 5) is 26.4. The van der Waals surface area contributed by atoms with E-state index in [4.69, 9.17) is 13.9 Å². The molecule has 0 saturated carbocycles.